The van der Waals surface area contributed by atoms with Gasteiger partial charge in [0.2, 0.25) is 0 Å². The highest BCUT2D eigenvalue weighted by Gasteiger charge is 2.56. The Bertz CT molecular complexity index is 422. The summed E-state index contributed by atoms with van der Waals surface area (Å²) in [7, 11) is 0. The Morgan fingerprint density at radius 1 is 1.05 bits per heavy atom. The van der Waals surface area contributed by atoms with E-state index < -0.39 is 0 Å². The van der Waals surface area contributed by atoms with Gasteiger partial charge in [0.1, 0.15) is 0 Å². The molecule has 21 heavy (non-hydrogen) atoms. The van der Waals surface area contributed by atoms with E-state index in [1.54, 1.807) is 0 Å². The van der Waals surface area contributed by atoms with Crippen LogP contribution in [0.4, 0.5) is 0 Å². The third-order valence-corrected chi connectivity index (χ3v) is 6.90. The zero-order valence-corrected chi connectivity index (χ0v) is 14.2. The lowest BCUT2D eigenvalue weighted by atomic mass is 9.47. The van der Waals surface area contributed by atoms with Crippen molar-refractivity contribution in [1.82, 2.24) is 0 Å². The Hall–Kier alpha value is -0.860. The zero-order chi connectivity index (χ0) is 15.8. The van der Waals surface area contributed by atoms with Gasteiger partial charge in [-0.3, -0.25) is 9.59 Å². The maximum absolute atomic E-state index is 12.2. The van der Waals surface area contributed by atoms with Crippen LogP contribution in [0.3, 0.4) is 0 Å². The predicted octanol–water partition coefficient (Wildman–Crippen LogP) is 4.34. The molecule has 1 aliphatic heterocycles. The van der Waals surface area contributed by atoms with Crippen molar-refractivity contribution >= 4 is 11.9 Å². The molecule has 3 nitrogen and oxygen atoms in total. The van der Waals surface area contributed by atoms with Crippen molar-refractivity contribution in [2.24, 2.45) is 28.6 Å². The number of hydrogen-bond acceptors (Lipinski definition) is 3. The van der Waals surface area contributed by atoms with Crippen LogP contribution in [0.2, 0.25) is 0 Å². The lowest BCUT2D eigenvalue weighted by Crippen LogP contribution is -2.49. The molecule has 4 atom stereocenters. The molecule has 0 aromatic heterocycles. The van der Waals surface area contributed by atoms with Crippen molar-refractivity contribution in [3.63, 3.8) is 0 Å². The maximum Gasteiger partial charge on any atom is 0.317 e. The number of rotatable bonds is 6. The second-order valence-electron chi connectivity index (χ2n) is 7.63. The molecular weight excluding hydrogens is 264 g/mol. The zero-order valence-electron chi connectivity index (χ0n) is 14.2. The molecule has 0 radical (unpaired) electrons. The highest BCUT2D eigenvalue weighted by Crippen LogP contribution is 2.62. The van der Waals surface area contributed by atoms with Crippen LogP contribution in [0.5, 0.6) is 0 Å². The Balaban J connectivity index is 2.20. The number of carbonyl (C=O) groups excluding carboxylic acids is 2. The number of ether oxygens (including phenoxy) is 1. The van der Waals surface area contributed by atoms with Crippen molar-refractivity contribution in [3.8, 4) is 0 Å². The summed E-state index contributed by atoms with van der Waals surface area (Å²) in [6.07, 6.45) is 6.19. The third-order valence-electron chi connectivity index (χ3n) is 6.90. The topological polar surface area (TPSA) is 43.4 Å². The van der Waals surface area contributed by atoms with E-state index in [4.69, 9.17) is 4.74 Å². The Morgan fingerprint density at radius 2 is 1.62 bits per heavy atom. The number of cyclic esters (lactones) is 2. The minimum atomic E-state index is -0.278. The second kappa shape index (κ2) is 5.73. The fourth-order valence-corrected chi connectivity index (χ4v) is 4.50. The van der Waals surface area contributed by atoms with E-state index in [9.17, 15) is 9.59 Å². The average molecular weight is 294 g/mol. The van der Waals surface area contributed by atoms with Gasteiger partial charge in [0.15, 0.2) is 0 Å². The molecule has 1 saturated heterocycles. The van der Waals surface area contributed by atoms with Gasteiger partial charge in [0.25, 0.3) is 0 Å². The Morgan fingerprint density at radius 3 is 2.05 bits per heavy atom. The Labute approximate surface area is 128 Å². The molecule has 4 unspecified atom stereocenters. The predicted molar refractivity (Wildman–Crippen MR) is 82.5 cm³/mol. The third kappa shape index (κ3) is 2.53. The maximum atomic E-state index is 12.2. The second-order valence-corrected chi connectivity index (χ2v) is 7.63. The molecule has 0 spiro atoms. The monoisotopic (exact) mass is 294 g/mol. The van der Waals surface area contributed by atoms with E-state index in [2.05, 4.69) is 34.6 Å². The summed E-state index contributed by atoms with van der Waals surface area (Å²) >= 11 is 0. The van der Waals surface area contributed by atoms with Gasteiger partial charge < -0.3 is 4.74 Å². The molecule has 0 aromatic carbocycles. The molecule has 0 N–H and O–H groups in total. The van der Waals surface area contributed by atoms with Crippen LogP contribution in [0.25, 0.3) is 0 Å². The first-order valence-electron chi connectivity index (χ1n) is 8.57. The van der Waals surface area contributed by atoms with Crippen LogP contribution in [-0.4, -0.2) is 11.9 Å². The van der Waals surface area contributed by atoms with Gasteiger partial charge in [0.05, 0.1) is 11.8 Å². The molecule has 2 rings (SSSR count). The van der Waals surface area contributed by atoms with Crippen LogP contribution in [0.15, 0.2) is 0 Å². The van der Waals surface area contributed by atoms with Crippen molar-refractivity contribution < 1.29 is 14.3 Å². The van der Waals surface area contributed by atoms with E-state index in [-0.39, 0.29) is 35.1 Å². The van der Waals surface area contributed by atoms with Gasteiger partial charge in [0, 0.05) is 0 Å². The van der Waals surface area contributed by atoms with Crippen molar-refractivity contribution in [2.45, 2.75) is 73.1 Å². The molecule has 0 bridgehead atoms. The average Bonchev–Trinajstić information content (AvgIpc) is 2.73. The minimum absolute atomic E-state index is 0.167. The van der Waals surface area contributed by atoms with Crippen molar-refractivity contribution in [1.29, 1.82) is 0 Å². The normalized spacial score (nSPS) is 39.5. The summed E-state index contributed by atoms with van der Waals surface area (Å²) in [6, 6.07) is 0. The lowest BCUT2D eigenvalue weighted by molar-refractivity contribution is -0.155. The van der Waals surface area contributed by atoms with Gasteiger partial charge in [-0.15, -0.1) is 0 Å². The van der Waals surface area contributed by atoms with Crippen LogP contribution in [-0.2, 0) is 14.3 Å². The Kier molecular flexibility index (Phi) is 4.51. The van der Waals surface area contributed by atoms with Crippen LogP contribution < -0.4 is 0 Å². The molecule has 1 aliphatic carbocycles. The molecule has 2 fully saturated rings. The summed E-state index contributed by atoms with van der Waals surface area (Å²) in [5, 5.41) is 0. The molecule has 1 heterocycles. The van der Waals surface area contributed by atoms with E-state index in [0.29, 0.717) is 5.41 Å². The summed E-state index contributed by atoms with van der Waals surface area (Å²) in [4.78, 5) is 24.3. The SMILES string of the molecule is CCC(CC)C1C(=O)OC(=O)C1CC1(C)CCC1(C)CC. The van der Waals surface area contributed by atoms with E-state index in [0.717, 1.165) is 32.1 Å². The first-order valence-corrected chi connectivity index (χ1v) is 8.57. The van der Waals surface area contributed by atoms with Crippen molar-refractivity contribution in [3.05, 3.63) is 0 Å². The van der Waals surface area contributed by atoms with Gasteiger partial charge >= 0.3 is 11.9 Å². The minimum Gasteiger partial charge on any atom is -0.393 e. The largest absolute Gasteiger partial charge is 0.393 e. The fraction of sp³-hybridized carbons (Fsp3) is 0.889. The smallest absolute Gasteiger partial charge is 0.317 e. The van der Waals surface area contributed by atoms with Crippen LogP contribution in [0, 0.1) is 28.6 Å². The van der Waals surface area contributed by atoms with Gasteiger partial charge in [-0.1, -0.05) is 53.9 Å². The summed E-state index contributed by atoms with van der Waals surface area (Å²) in [6.45, 7) is 11.0. The number of carbonyl (C=O) groups is 2. The summed E-state index contributed by atoms with van der Waals surface area (Å²) in [5.74, 6) is -0.724. The standard InChI is InChI=1S/C18H30O3/c1-6-12(7-2)14-13(15(19)21-16(14)20)11-18(5)10-9-17(18,4)8-3/h12-14H,6-11H2,1-5H3. The first kappa shape index (κ1) is 16.5. The summed E-state index contributed by atoms with van der Waals surface area (Å²) in [5.41, 5.74) is 0.470. The molecule has 3 heteroatoms. The lowest BCUT2D eigenvalue weighted by Gasteiger charge is -2.57. The molecule has 120 valence electrons. The van der Waals surface area contributed by atoms with Crippen LogP contribution in [0.1, 0.15) is 73.1 Å². The van der Waals surface area contributed by atoms with Crippen LogP contribution >= 0.6 is 0 Å². The molecular formula is C18H30O3. The molecule has 0 amide bonds. The van der Waals surface area contributed by atoms with Gasteiger partial charge in [-0.2, -0.15) is 0 Å². The molecule has 1 saturated carbocycles. The first-order chi connectivity index (χ1) is 9.81. The van der Waals surface area contributed by atoms with E-state index in [1.807, 2.05) is 0 Å². The molecule has 0 aromatic rings. The highest BCUT2D eigenvalue weighted by molar-refractivity contribution is 5.96. The highest BCUT2D eigenvalue weighted by atomic mass is 16.6. The van der Waals surface area contributed by atoms with E-state index >= 15 is 0 Å². The van der Waals surface area contributed by atoms with E-state index in [1.165, 1.54) is 6.42 Å². The summed E-state index contributed by atoms with van der Waals surface area (Å²) < 4.78 is 5.01. The van der Waals surface area contributed by atoms with Crippen molar-refractivity contribution in [2.75, 3.05) is 0 Å². The number of esters is 2. The molecule has 2 aliphatic rings. The fourth-order valence-electron chi connectivity index (χ4n) is 4.50. The van der Waals surface area contributed by atoms with Gasteiger partial charge in [-0.05, 0) is 36.0 Å². The quantitative estimate of drug-likeness (QED) is 0.540. The number of hydrogen-bond donors (Lipinski definition) is 0. The van der Waals surface area contributed by atoms with Gasteiger partial charge in [-0.25, -0.2) is 0 Å².